The highest BCUT2D eigenvalue weighted by Gasteiger charge is 2.06. The Morgan fingerprint density at radius 2 is 1.65 bits per heavy atom. The molecule has 0 aromatic heterocycles. The molecule has 4 heteroatoms. The minimum absolute atomic E-state index is 0.471. The van der Waals surface area contributed by atoms with E-state index in [2.05, 4.69) is 0 Å². The van der Waals surface area contributed by atoms with E-state index in [-0.39, 0.29) is 0 Å². The summed E-state index contributed by atoms with van der Waals surface area (Å²) in [4.78, 5) is 0. The van der Waals surface area contributed by atoms with Crippen molar-refractivity contribution >= 4 is 11.6 Å². The van der Waals surface area contributed by atoms with Crippen LogP contribution in [0.5, 0.6) is 11.5 Å². The molecule has 2 rings (SSSR count). The van der Waals surface area contributed by atoms with E-state index in [9.17, 15) is 0 Å². The maximum absolute atomic E-state index is 5.86. The summed E-state index contributed by atoms with van der Waals surface area (Å²) in [6, 6.07) is 13.3. The standard InChI is InChI=1S/C16H18ClNO2/c1-2-19-16-9-13(10-18)5-8-15(16)20-11-12-3-6-14(17)7-4-12/h3-9H,2,10-11,18H2,1H3. The molecule has 0 heterocycles. The predicted octanol–water partition coefficient (Wildman–Crippen LogP) is 3.78. The van der Waals surface area contributed by atoms with Crippen molar-refractivity contribution in [1.29, 1.82) is 0 Å². The summed E-state index contributed by atoms with van der Waals surface area (Å²) in [5.74, 6) is 1.45. The van der Waals surface area contributed by atoms with Crippen LogP contribution in [-0.2, 0) is 13.2 Å². The van der Waals surface area contributed by atoms with Gasteiger partial charge >= 0.3 is 0 Å². The van der Waals surface area contributed by atoms with E-state index < -0.39 is 0 Å². The third kappa shape index (κ3) is 3.89. The molecule has 2 N–H and O–H groups in total. The van der Waals surface area contributed by atoms with Crippen LogP contribution in [0.25, 0.3) is 0 Å². The third-order valence-corrected chi connectivity index (χ3v) is 3.10. The smallest absolute Gasteiger partial charge is 0.161 e. The van der Waals surface area contributed by atoms with Gasteiger partial charge in [-0.05, 0) is 42.3 Å². The molecule has 3 nitrogen and oxygen atoms in total. The first kappa shape index (κ1) is 14.7. The van der Waals surface area contributed by atoms with Gasteiger partial charge in [-0.2, -0.15) is 0 Å². The number of halogens is 1. The van der Waals surface area contributed by atoms with Gasteiger partial charge in [-0.1, -0.05) is 29.8 Å². The van der Waals surface area contributed by atoms with E-state index in [1.54, 1.807) is 0 Å². The molecular weight excluding hydrogens is 274 g/mol. The van der Waals surface area contributed by atoms with Gasteiger partial charge < -0.3 is 15.2 Å². The third-order valence-electron chi connectivity index (χ3n) is 2.85. The first-order valence-electron chi connectivity index (χ1n) is 6.56. The largest absolute Gasteiger partial charge is 0.490 e. The van der Waals surface area contributed by atoms with E-state index >= 15 is 0 Å². The normalized spacial score (nSPS) is 10.3. The van der Waals surface area contributed by atoms with Crippen LogP contribution in [0.1, 0.15) is 18.1 Å². The average molecular weight is 292 g/mol. The van der Waals surface area contributed by atoms with E-state index in [0.29, 0.717) is 19.8 Å². The molecule has 0 aliphatic rings. The maximum atomic E-state index is 5.86. The number of ether oxygens (including phenoxy) is 2. The zero-order valence-electron chi connectivity index (χ0n) is 11.4. The molecule has 0 fully saturated rings. The first-order valence-corrected chi connectivity index (χ1v) is 6.93. The number of hydrogen-bond donors (Lipinski definition) is 1. The van der Waals surface area contributed by atoms with E-state index in [0.717, 1.165) is 27.6 Å². The molecule has 0 bridgehead atoms. The van der Waals surface area contributed by atoms with Crippen molar-refractivity contribution in [3.63, 3.8) is 0 Å². The maximum Gasteiger partial charge on any atom is 0.161 e. The predicted molar refractivity (Wildman–Crippen MR) is 81.3 cm³/mol. The second kappa shape index (κ2) is 7.17. The minimum atomic E-state index is 0.471. The van der Waals surface area contributed by atoms with Crippen LogP contribution in [0.15, 0.2) is 42.5 Å². The minimum Gasteiger partial charge on any atom is -0.490 e. The Hall–Kier alpha value is -1.71. The lowest BCUT2D eigenvalue weighted by Gasteiger charge is -2.13. The Morgan fingerprint density at radius 3 is 2.30 bits per heavy atom. The summed E-state index contributed by atoms with van der Waals surface area (Å²) in [6.07, 6.45) is 0. The van der Waals surface area contributed by atoms with Crippen LogP contribution in [0.2, 0.25) is 5.02 Å². The van der Waals surface area contributed by atoms with E-state index in [1.165, 1.54) is 0 Å². The second-order valence-electron chi connectivity index (χ2n) is 4.33. The zero-order valence-corrected chi connectivity index (χ0v) is 12.2. The van der Waals surface area contributed by atoms with Crippen LogP contribution < -0.4 is 15.2 Å². The van der Waals surface area contributed by atoms with Crippen molar-refractivity contribution < 1.29 is 9.47 Å². The fourth-order valence-electron chi connectivity index (χ4n) is 1.81. The van der Waals surface area contributed by atoms with Crippen LogP contribution in [0.4, 0.5) is 0 Å². The monoisotopic (exact) mass is 291 g/mol. The molecule has 20 heavy (non-hydrogen) atoms. The molecule has 0 radical (unpaired) electrons. The Morgan fingerprint density at radius 1 is 0.950 bits per heavy atom. The number of nitrogens with two attached hydrogens (primary N) is 1. The first-order chi connectivity index (χ1) is 9.72. The summed E-state index contributed by atoms with van der Waals surface area (Å²) in [5, 5.41) is 0.719. The van der Waals surface area contributed by atoms with Crippen LogP contribution in [0, 0.1) is 0 Å². The summed E-state index contributed by atoms with van der Waals surface area (Å²) in [7, 11) is 0. The molecule has 0 atom stereocenters. The van der Waals surface area contributed by atoms with Gasteiger partial charge in [0.2, 0.25) is 0 Å². The van der Waals surface area contributed by atoms with Gasteiger partial charge in [0.1, 0.15) is 6.61 Å². The summed E-state index contributed by atoms with van der Waals surface area (Å²) >= 11 is 5.86. The van der Waals surface area contributed by atoms with Gasteiger partial charge in [0.05, 0.1) is 6.61 Å². The van der Waals surface area contributed by atoms with Gasteiger partial charge in [0.15, 0.2) is 11.5 Å². The quantitative estimate of drug-likeness (QED) is 0.881. The van der Waals surface area contributed by atoms with Crippen molar-refractivity contribution in [2.45, 2.75) is 20.1 Å². The molecule has 106 valence electrons. The highest BCUT2D eigenvalue weighted by molar-refractivity contribution is 6.30. The molecule has 0 saturated heterocycles. The number of hydrogen-bond acceptors (Lipinski definition) is 3. The molecule has 2 aromatic rings. The molecule has 0 unspecified atom stereocenters. The molecule has 2 aromatic carbocycles. The lowest BCUT2D eigenvalue weighted by molar-refractivity contribution is 0.269. The second-order valence-corrected chi connectivity index (χ2v) is 4.77. The van der Waals surface area contributed by atoms with Gasteiger partial charge in [0, 0.05) is 11.6 Å². The van der Waals surface area contributed by atoms with Crippen molar-refractivity contribution in [2.24, 2.45) is 5.73 Å². The summed E-state index contributed by atoms with van der Waals surface area (Å²) < 4.78 is 11.4. The van der Waals surface area contributed by atoms with Gasteiger partial charge in [-0.25, -0.2) is 0 Å². The average Bonchev–Trinajstić information content (AvgIpc) is 2.48. The summed E-state index contributed by atoms with van der Waals surface area (Å²) in [6.45, 7) is 3.49. The lowest BCUT2D eigenvalue weighted by Crippen LogP contribution is -2.02. The molecule has 0 aliphatic heterocycles. The lowest BCUT2D eigenvalue weighted by atomic mass is 10.2. The van der Waals surface area contributed by atoms with Crippen molar-refractivity contribution in [3.05, 3.63) is 58.6 Å². The Balaban J connectivity index is 2.09. The van der Waals surface area contributed by atoms with Crippen LogP contribution >= 0.6 is 11.6 Å². The zero-order chi connectivity index (χ0) is 14.4. The van der Waals surface area contributed by atoms with Crippen molar-refractivity contribution in [3.8, 4) is 11.5 Å². The Kier molecular flexibility index (Phi) is 5.27. The van der Waals surface area contributed by atoms with Gasteiger partial charge in [0.25, 0.3) is 0 Å². The van der Waals surface area contributed by atoms with Gasteiger partial charge in [-0.3, -0.25) is 0 Å². The molecule has 0 amide bonds. The van der Waals surface area contributed by atoms with Crippen molar-refractivity contribution in [1.82, 2.24) is 0 Å². The molecular formula is C16H18ClNO2. The van der Waals surface area contributed by atoms with Crippen LogP contribution in [0.3, 0.4) is 0 Å². The number of benzene rings is 2. The fourth-order valence-corrected chi connectivity index (χ4v) is 1.93. The fraction of sp³-hybridized carbons (Fsp3) is 0.250. The van der Waals surface area contributed by atoms with Crippen molar-refractivity contribution in [2.75, 3.05) is 6.61 Å². The van der Waals surface area contributed by atoms with Crippen LogP contribution in [-0.4, -0.2) is 6.61 Å². The van der Waals surface area contributed by atoms with E-state index in [4.69, 9.17) is 26.8 Å². The highest BCUT2D eigenvalue weighted by Crippen LogP contribution is 2.29. The molecule has 0 spiro atoms. The molecule has 0 aliphatic carbocycles. The Bertz CT molecular complexity index is 555. The molecule has 0 saturated carbocycles. The Labute approximate surface area is 124 Å². The summed E-state index contributed by atoms with van der Waals surface area (Å²) in [5.41, 5.74) is 7.71. The SMILES string of the molecule is CCOc1cc(CN)ccc1OCc1ccc(Cl)cc1. The topological polar surface area (TPSA) is 44.5 Å². The number of rotatable bonds is 6. The van der Waals surface area contributed by atoms with E-state index in [1.807, 2.05) is 49.4 Å². The van der Waals surface area contributed by atoms with Gasteiger partial charge in [-0.15, -0.1) is 0 Å². The highest BCUT2D eigenvalue weighted by atomic mass is 35.5.